The highest BCUT2D eigenvalue weighted by Crippen LogP contribution is 2.24. The zero-order chi connectivity index (χ0) is 13.5. The van der Waals surface area contributed by atoms with Crippen LogP contribution in [0.15, 0.2) is 18.2 Å². The Morgan fingerprint density at radius 3 is 2.48 bits per heavy atom. The number of ether oxygens (including phenoxy) is 2. The van der Waals surface area contributed by atoms with Crippen molar-refractivity contribution in [2.45, 2.75) is 19.4 Å². The van der Waals surface area contributed by atoms with E-state index < -0.39 is 0 Å². The van der Waals surface area contributed by atoms with Crippen molar-refractivity contribution in [3.8, 4) is 11.5 Å². The minimum absolute atomic E-state index is 0. The topological polar surface area (TPSA) is 42.5 Å². The van der Waals surface area contributed by atoms with E-state index in [1.165, 1.54) is 18.4 Å². The Morgan fingerprint density at radius 2 is 1.86 bits per heavy atom. The zero-order valence-corrected chi connectivity index (χ0v) is 14.3. The maximum atomic E-state index is 5.40. The third-order valence-corrected chi connectivity index (χ3v) is 3.70. The summed E-state index contributed by atoms with van der Waals surface area (Å²) >= 11 is 0. The van der Waals surface area contributed by atoms with Gasteiger partial charge in [0, 0.05) is 18.2 Å². The lowest BCUT2D eigenvalue weighted by atomic mass is 9.98. The molecule has 2 N–H and O–H groups in total. The van der Waals surface area contributed by atoms with Crippen LogP contribution >= 0.6 is 24.8 Å². The molecule has 0 spiro atoms. The predicted octanol–water partition coefficient (Wildman–Crippen LogP) is 2.64. The van der Waals surface area contributed by atoms with Gasteiger partial charge in [0.2, 0.25) is 0 Å². The Bertz CT molecular complexity index is 399. The van der Waals surface area contributed by atoms with Crippen molar-refractivity contribution in [1.82, 2.24) is 10.6 Å². The van der Waals surface area contributed by atoms with Crippen LogP contribution in [0.4, 0.5) is 0 Å². The van der Waals surface area contributed by atoms with Gasteiger partial charge in [-0.1, -0.05) is 6.07 Å². The molecule has 0 aromatic heterocycles. The third kappa shape index (κ3) is 6.30. The van der Waals surface area contributed by atoms with Crippen molar-refractivity contribution in [2.24, 2.45) is 5.92 Å². The second-order valence-corrected chi connectivity index (χ2v) is 5.00. The fourth-order valence-electron chi connectivity index (χ4n) is 2.49. The van der Waals surface area contributed by atoms with Crippen LogP contribution in [0.2, 0.25) is 0 Å². The van der Waals surface area contributed by atoms with E-state index in [1.807, 2.05) is 12.1 Å². The molecule has 1 aromatic rings. The SMILES string of the molecule is COc1ccc(CNCC2CCNCC2)c(OC)c1.Cl.Cl. The molecule has 1 aliphatic heterocycles. The lowest BCUT2D eigenvalue weighted by Gasteiger charge is -2.23. The average Bonchev–Trinajstić information content (AvgIpc) is 2.48. The standard InChI is InChI=1S/C15H24N2O2.2ClH/c1-18-14-4-3-13(15(9-14)19-2)11-17-10-12-5-7-16-8-6-12;;/h3-4,9,12,16-17H,5-8,10-11H2,1-2H3;2*1H. The molecule has 4 nitrogen and oxygen atoms in total. The van der Waals surface area contributed by atoms with Gasteiger partial charge in [-0.2, -0.15) is 0 Å². The lowest BCUT2D eigenvalue weighted by molar-refractivity contribution is 0.353. The number of benzene rings is 1. The van der Waals surface area contributed by atoms with Crippen LogP contribution < -0.4 is 20.1 Å². The van der Waals surface area contributed by atoms with Crippen LogP contribution in [-0.2, 0) is 6.54 Å². The average molecular weight is 337 g/mol. The Labute approximate surface area is 139 Å². The summed E-state index contributed by atoms with van der Waals surface area (Å²) in [6.07, 6.45) is 2.54. The largest absolute Gasteiger partial charge is 0.497 e. The monoisotopic (exact) mass is 336 g/mol. The van der Waals surface area contributed by atoms with Gasteiger partial charge >= 0.3 is 0 Å². The molecule has 1 saturated heterocycles. The van der Waals surface area contributed by atoms with E-state index in [0.29, 0.717) is 0 Å². The van der Waals surface area contributed by atoms with Crippen molar-refractivity contribution in [3.05, 3.63) is 23.8 Å². The number of hydrogen-bond acceptors (Lipinski definition) is 4. The molecule has 122 valence electrons. The Balaban J connectivity index is 0.00000200. The Morgan fingerprint density at radius 1 is 1.14 bits per heavy atom. The van der Waals surface area contributed by atoms with Crippen molar-refractivity contribution >= 4 is 24.8 Å². The molecule has 0 bridgehead atoms. The highest BCUT2D eigenvalue weighted by atomic mass is 35.5. The van der Waals surface area contributed by atoms with Crippen LogP contribution in [-0.4, -0.2) is 33.9 Å². The first-order chi connectivity index (χ1) is 9.33. The smallest absolute Gasteiger partial charge is 0.127 e. The van der Waals surface area contributed by atoms with Gasteiger partial charge in [-0.15, -0.1) is 24.8 Å². The Kier molecular flexibility index (Phi) is 10.6. The van der Waals surface area contributed by atoms with Crippen molar-refractivity contribution in [1.29, 1.82) is 0 Å². The van der Waals surface area contributed by atoms with Crippen LogP contribution in [0.1, 0.15) is 18.4 Å². The van der Waals surface area contributed by atoms with E-state index >= 15 is 0 Å². The molecule has 1 aliphatic rings. The fraction of sp³-hybridized carbons (Fsp3) is 0.600. The van der Waals surface area contributed by atoms with Gasteiger partial charge in [0.1, 0.15) is 11.5 Å². The summed E-state index contributed by atoms with van der Waals surface area (Å²) < 4.78 is 10.6. The maximum Gasteiger partial charge on any atom is 0.127 e. The lowest BCUT2D eigenvalue weighted by Crippen LogP contribution is -2.33. The molecule has 1 fully saturated rings. The fourth-order valence-corrected chi connectivity index (χ4v) is 2.49. The highest BCUT2D eigenvalue weighted by molar-refractivity contribution is 5.85. The van der Waals surface area contributed by atoms with Crippen LogP contribution in [0.5, 0.6) is 11.5 Å². The number of halogens is 2. The molecule has 0 radical (unpaired) electrons. The highest BCUT2D eigenvalue weighted by Gasteiger charge is 2.12. The van der Waals surface area contributed by atoms with Gasteiger partial charge in [0.05, 0.1) is 14.2 Å². The number of hydrogen-bond donors (Lipinski definition) is 2. The van der Waals surface area contributed by atoms with Gasteiger partial charge in [0.25, 0.3) is 0 Å². The van der Waals surface area contributed by atoms with E-state index in [9.17, 15) is 0 Å². The van der Waals surface area contributed by atoms with E-state index in [-0.39, 0.29) is 24.8 Å². The van der Waals surface area contributed by atoms with Crippen molar-refractivity contribution < 1.29 is 9.47 Å². The summed E-state index contributed by atoms with van der Waals surface area (Å²) in [6.45, 7) is 4.23. The molecule has 21 heavy (non-hydrogen) atoms. The molecule has 0 amide bonds. The number of nitrogens with one attached hydrogen (secondary N) is 2. The molecule has 0 saturated carbocycles. The van der Waals surface area contributed by atoms with Crippen LogP contribution in [0.3, 0.4) is 0 Å². The molecule has 0 aliphatic carbocycles. The quantitative estimate of drug-likeness (QED) is 0.838. The summed E-state index contributed by atoms with van der Waals surface area (Å²) in [6, 6.07) is 5.97. The summed E-state index contributed by atoms with van der Waals surface area (Å²) in [5.41, 5.74) is 1.18. The number of piperidine rings is 1. The van der Waals surface area contributed by atoms with E-state index in [1.54, 1.807) is 14.2 Å². The van der Waals surface area contributed by atoms with Crippen molar-refractivity contribution in [2.75, 3.05) is 33.9 Å². The summed E-state index contributed by atoms with van der Waals surface area (Å²) in [5, 5.41) is 6.93. The second-order valence-electron chi connectivity index (χ2n) is 5.00. The first-order valence-corrected chi connectivity index (χ1v) is 6.96. The Hall–Kier alpha value is -0.680. The number of rotatable bonds is 6. The van der Waals surface area contributed by atoms with Gasteiger partial charge in [-0.25, -0.2) is 0 Å². The summed E-state index contributed by atoms with van der Waals surface area (Å²) in [7, 11) is 3.37. The first-order valence-electron chi connectivity index (χ1n) is 6.96. The van der Waals surface area contributed by atoms with Gasteiger partial charge in [0.15, 0.2) is 0 Å². The van der Waals surface area contributed by atoms with Crippen molar-refractivity contribution in [3.63, 3.8) is 0 Å². The minimum atomic E-state index is 0. The first kappa shape index (κ1) is 20.3. The van der Waals surface area contributed by atoms with E-state index in [2.05, 4.69) is 16.7 Å². The molecule has 0 atom stereocenters. The van der Waals surface area contributed by atoms with Gasteiger partial charge < -0.3 is 20.1 Å². The third-order valence-electron chi connectivity index (χ3n) is 3.70. The second kappa shape index (κ2) is 11.0. The molecule has 2 rings (SSSR count). The predicted molar refractivity (Wildman–Crippen MR) is 91.3 cm³/mol. The summed E-state index contributed by atoms with van der Waals surface area (Å²) in [5.74, 6) is 2.52. The zero-order valence-electron chi connectivity index (χ0n) is 12.7. The molecular weight excluding hydrogens is 311 g/mol. The molecular formula is C15H26Cl2N2O2. The normalized spacial score (nSPS) is 14.8. The van der Waals surface area contributed by atoms with Gasteiger partial charge in [-0.05, 0) is 44.5 Å². The molecule has 6 heteroatoms. The molecule has 1 aromatic carbocycles. The molecule has 1 heterocycles. The number of methoxy groups -OCH3 is 2. The van der Waals surface area contributed by atoms with Crippen LogP contribution in [0, 0.1) is 5.92 Å². The molecule has 0 unspecified atom stereocenters. The van der Waals surface area contributed by atoms with Crippen LogP contribution in [0.25, 0.3) is 0 Å². The minimum Gasteiger partial charge on any atom is -0.497 e. The maximum absolute atomic E-state index is 5.40. The van der Waals surface area contributed by atoms with Gasteiger partial charge in [-0.3, -0.25) is 0 Å². The van der Waals surface area contributed by atoms with E-state index in [0.717, 1.165) is 43.6 Å². The summed E-state index contributed by atoms with van der Waals surface area (Å²) in [4.78, 5) is 0. The van der Waals surface area contributed by atoms with E-state index in [4.69, 9.17) is 9.47 Å².